The smallest absolute Gasteiger partial charge is 0.142 e. The summed E-state index contributed by atoms with van der Waals surface area (Å²) in [6.07, 6.45) is 7.00. The number of ether oxygens (including phenoxy) is 1. The van der Waals surface area contributed by atoms with Crippen LogP contribution < -0.4 is 10.1 Å². The molecule has 3 rings (SSSR count). The molecule has 1 fully saturated rings. The average Bonchev–Trinajstić information content (AvgIpc) is 2.49. The number of benzene rings is 1. The summed E-state index contributed by atoms with van der Waals surface area (Å²) in [5, 5.41) is 3.50. The van der Waals surface area contributed by atoms with Crippen molar-refractivity contribution in [2.75, 3.05) is 25.0 Å². The van der Waals surface area contributed by atoms with Gasteiger partial charge in [0.15, 0.2) is 0 Å². The first-order valence-electron chi connectivity index (χ1n) is 8.10. The van der Waals surface area contributed by atoms with Crippen LogP contribution in [0.1, 0.15) is 39.0 Å². The Kier molecular flexibility index (Phi) is 4.46. The standard InChI is InChI=1S/C17H26N2O/c1-2-7-14-8-5-6-11-19(14)13-15-12-18-16-9-3-4-10-17(16)20-15/h3-4,9-10,14-15,18H,2,5-8,11-13H2,1H3. The van der Waals surface area contributed by atoms with Gasteiger partial charge in [0.05, 0.1) is 12.2 Å². The second-order valence-corrected chi connectivity index (χ2v) is 6.05. The molecule has 2 aliphatic heterocycles. The molecule has 110 valence electrons. The van der Waals surface area contributed by atoms with Crippen LogP contribution in [0.5, 0.6) is 5.75 Å². The van der Waals surface area contributed by atoms with Crippen LogP contribution in [-0.4, -0.2) is 36.7 Å². The highest BCUT2D eigenvalue weighted by molar-refractivity contribution is 5.57. The molecular formula is C17H26N2O. The lowest BCUT2D eigenvalue weighted by Crippen LogP contribution is -2.47. The first-order valence-corrected chi connectivity index (χ1v) is 8.10. The Morgan fingerprint density at radius 3 is 3.10 bits per heavy atom. The molecule has 1 aromatic rings. The van der Waals surface area contributed by atoms with E-state index in [0.29, 0.717) is 0 Å². The molecule has 0 saturated carbocycles. The maximum absolute atomic E-state index is 6.16. The fourth-order valence-corrected chi connectivity index (χ4v) is 3.48. The third kappa shape index (κ3) is 3.09. The third-order valence-electron chi connectivity index (χ3n) is 4.51. The van der Waals surface area contributed by atoms with E-state index in [2.05, 4.69) is 35.3 Å². The lowest BCUT2D eigenvalue weighted by molar-refractivity contribution is 0.0785. The summed E-state index contributed by atoms with van der Waals surface area (Å²) < 4.78 is 6.16. The van der Waals surface area contributed by atoms with Crippen molar-refractivity contribution in [1.29, 1.82) is 0 Å². The van der Waals surface area contributed by atoms with Crippen LogP contribution in [0.15, 0.2) is 24.3 Å². The van der Waals surface area contributed by atoms with Crippen molar-refractivity contribution in [2.24, 2.45) is 0 Å². The van der Waals surface area contributed by atoms with Crippen molar-refractivity contribution >= 4 is 5.69 Å². The molecule has 2 unspecified atom stereocenters. The van der Waals surface area contributed by atoms with Gasteiger partial charge in [-0.05, 0) is 37.9 Å². The van der Waals surface area contributed by atoms with Crippen LogP contribution in [0, 0.1) is 0 Å². The molecule has 0 aromatic heterocycles. The van der Waals surface area contributed by atoms with Gasteiger partial charge in [-0.15, -0.1) is 0 Å². The minimum Gasteiger partial charge on any atom is -0.485 e. The van der Waals surface area contributed by atoms with Crippen molar-refractivity contribution in [2.45, 2.75) is 51.2 Å². The number of rotatable bonds is 4. The molecule has 2 heterocycles. The van der Waals surface area contributed by atoms with Crippen LogP contribution in [0.3, 0.4) is 0 Å². The van der Waals surface area contributed by atoms with Crippen molar-refractivity contribution in [3.05, 3.63) is 24.3 Å². The van der Waals surface area contributed by atoms with E-state index >= 15 is 0 Å². The molecule has 20 heavy (non-hydrogen) atoms. The fraction of sp³-hybridized carbons (Fsp3) is 0.647. The van der Waals surface area contributed by atoms with Gasteiger partial charge in [0, 0.05) is 12.6 Å². The second kappa shape index (κ2) is 6.49. The van der Waals surface area contributed by atoms with Gasteiger partial charge in [-0.3, -0.25) is 4.90 Å². The van der Waals surface area contributed by atoms with E-state index in [1.165, 1.54) is 38.6 Å². The normalized spacial score (nSPS) is 26.4. The monoisotopic (exact) mass is 274 g/mol. The zero-order valence-corrected chi connectivity index (χ0v) is 12.5. The summed E-state index contributed by atoms with van der Waals surface area (Å²) in [6, 6.07) is 9.02. The topological polar surface area (TPSA) is 24.5 Å². The first kappa shape index (κ1) is 13.7. The number of para-hydroxylation sites is 2. The molecular weight excluding hydrogens is 248 g/mol. The molecule has 0 spiro atoms. The molecule has 0 bridgehead atoms. The predicted molar refractivity (Wildman–Crippen MR) is 83.5 cm³/mol. The van der Waals surface area contributed by atoms with Crippen molar-refractivity contribution in [3.8, 4) is 5.75 Å². The Balaban J connectivity index is 1.60. The van der Waals surface area contributed by atoms with E-state index in [4.69, 9.17) is 4.74 Å². The number of anilines is 1. The minimum atomic E-state index is 0.280. The summed E-state index contributed by atoms with van der Waals surface area (Å²) in [6.45, 7) is 5.52. The van der Waals surface area contributed by atoms with Crippen LogP contribution in [-0.2, 0) is 0 Å². The summed E-state index contributed by atoms with van der Waals surface area (Å²) in [7, 11) is 0. The highest BCUT2D eigenvalue weighted by Gasteiger charge is 2.27. The van der Waals surface area contributed by atoms with E-state index in [1.807, 2.05) is 6.07 Å². The highest BCUT2D eigenvalue weighted by Crippen LogP contribution is 2.29. The van der Waals surface area contributed by atoms with E-state index < -0.39 is 0 Å². The molecule has 1 saturated heterocycles. The van der Waals surface area contributed by atoms with Crippen molar-refractivity contribution in [1.82, 2.24) is 4.90 Å². The zero-order chi connectivity index (χ0) is 13.8. The summed E-state index contributed by atoms with van der Waals surface area (Å²) in [5.74, 6) is 1.01. The van der Waals surface area contributed by atoms with E-state index in [9.17, 15) is 0 Å². The number of nitrogens with zero attached hydrogens (tertiary/aromatic N) is 1. The molecule has 0 aliphatic carbocycles. The number of piperidine rings is 1. The second-order valence-electron chi connectivity index (χ2n) is 6.05. The Morgan fingerprint density at radius 2 is 2.20 bits per heavy atom. The highest BCUT2D eigenvalue weighted by atomic mass is 16.5. The average molecular weight is 274 g/mol. The first-order chi connectivity index (χ1) is 9.86. The van der Waals surface area contributed by atoms with E-state index in [1.54, 1.807) is 0 Å². The molecule has 0 amide bonds. The van der Waals surface area contributed by atoms with Crippen molar-refractivity contribution in [3.63, 3.8) is 0 Å². The Bertz CT molecular complexity index is 433. The molecule has 3 nitrogen and oxygen atoms in total. The Labute approximate surface area is 122 Å². The van der Waals surface area contributed by atoms with Crippen LogP contribution >= 0.6 is 0 Å². The van der Waals surface area contributed by atoms with Gasteiger partial charge in [-0.2, -0.15) is 0 Å². The van der Waals surface area contributed by atoms with E-state index in [0.717, 1.165) is 30.6 Å². The van der Waals surface area contributed by atoms with Gasteiger partial charge in [0.25, 0.3) is 0 Å². The number of hydrogen-bond donors (Lipinski definition) is 1. The van der Waals surface area contributed by atoms with Gasteiger partial charge >= 0.3 is 0 Å². The van der Waals surface area contributed by atoms with Gasteiger partial charge < -0.3 is 10.1 Å². The van der Waals surface area contributed by atoms with E-state index in [-0.39, 0.29) is 6.10 Å². The lowest BCUT2D eigenvalue weighted by atomic mass is 9.97. The molecule has 0 radical (unpaired) electrons. The van der Waals surface area contributed by atoms with Crippen LogP contribution in [0.25, 0.3) is 0 Å². The van der Waals surface area contributed by atoms with Crippen LogP contribution in [0.2, 0.25) is 0 Å². The van der Waals surface area contributed by atoms with Crippen molar-refractivity contribution < 1.29 is 4.74 Å². The number of hydrogen-bond acceptors (Lipinski definition) is 3. The zero-order valence-electron chi connectivity index (χ0n) is 12.5. The third-order valence-corrected chi connectivity index (χ3v) is 4.51. The summed E-state index contributed by atoms with van der Waals surface area (Å²) in [4.78, 5) is 2.66. The number of likely N-dealkylation sites (tertiary alicyclic amines) is 1. The van der Waals surface area contributed by atoms with Gasteiger partial charge in [-0.1, -0.05) is 31.9 Å². The lowest BCUT2D eigenvalue weighted by Gasteiger charge is -2.39. The van der Waals surface area contributed by atoms with Gasteiger partial charge in [0.2, 0.25) is 0 Å². The van der Waals surface area contributed by atoms with Gasteiger partial charge in [0.1, 0.15) is 11.9 Å². The quantitative estimate of drug-likeness (QED) is 0.909. The fourth-order valence-electron chi connectivity index (χ4n) is 3.48. The molecule has 2 aliphatic rings. The van der Waals surface area contributed by atoms with Crippen LogP contribution in [0.4, 0.5) is 5.69 Å². The Hall–Kier alpha value is -1.22. The largest absolute Gasteiger partial charge is 0.485 e. The number of fused-ring (bicyclic) bond motifs is 1. The summed E-state index contributed by atoms with van der Waals surface area (Å²) >= 11 is 0. The molecule has 2 atom stereocenters. The Morgan fingerprint density at radius 1 is 1.30 bits per heavy atom. The predicted octanol–water partition coefficient (Wildman–Crippen LogP) is 3.51. The summed E-state index contributed by atoms with van der Waals surface area (Å²) in [5.41, 5.74) is 1.13. The molecule has 3 heteroatoms. The molecule has 1 aromatic carbocycles. The molecule has 1 N–H and O–H groups in total. The number of nitrogens with one attached hydrogen (secondary N) is 1. The maximum Gasteiger partial charge on any atom is 0.142 e. The minimum absolute atomic E-state index is 0.280. The maximum atomic E-state index is 6.16. The van der Waals surface area contributed by atoms with Gasteiger partial charge in [-0.25, -0.2) is 0 Å². The SMILES string of the molecule is CCCC1CCCCN1CC1CNc2ccccc2O1.